The van der Waals surface area contributed by atoms with Gasteiger partial charge in [0.2, 0.25) is 0 Å². The SMILES string of the molecule is CC(C)C1CCN(C(=O)c2cccc3c2NCCN3)C1. The van der Waals surface area contributed by atoms with Gasteiger partial charge in [-0.05, 0) is 30.4 Å². The number of hydrogen-bond donors (Lipinski definition) is 2. The number of likely N-dealkylation sites (tertiary alicyclic amines) is 1. The zero-order chi connectivity index (χ0) is 14.1. The summed E-state index contributed by atoms with van der Waals surface area (Å²) in [4.78, 5) is 14.8. The average molecular weight is 273 g/mol. The van der Waals surface area contributed by atoms with Gasteiger partial charge in [0.1, 0.15) is 0 Å². The number of rotatable bonds is 2. The molecule has 1 aromatic carbocycles. The Morgan fingerprint density at radius 1 is 1.30 bits per heavy atom. The number of para-hydroxylation sites is 1. The predicted molar refractivity (Wildman–Crippen MR) is 82.3 cm³/mol. The van der Waals surface area contributed by atoms with Crippen molar-refractivity contribution in [3.63, 3.8) is 0 Å². The van der Waals surface area contributed by atoms with Crippen LogP contribution in [0.15, 0.2) is 18.2 Å². The number of benzene rings is 1. The van der Waals surface area contributed by atoms with E-state index in [4.69, 9.17) is 0 Å². The van der Waals surface area contributed by atoms with Crippen LogP contribution in [0.2, 0.25) is 0 Å². The number of carbonyl (C=O) groups excluding carboxylic acids is 1. The summed E-state index contributed by atoms with van der Waals surface area (Å²) in [7, 11) is 0. The van der Waals surface area contributed by atoms with Gasteiger partial charge in [-0.2, -0.15) is 0 Å². The quantitative estimate of drug-likeness (QED) is 0.870. The topological polar surface area (TPSA) is 44.4 Å². The molecule has 2 aliphatic rings. The first-order valence-corrected chi connectivity index (χ1v) is 7.57. The molecule has 1 unspecified atom stereocenters. The Balaban J connectivity index is 1.81. The lowest BCUT2D eigenvalue weighted by atomic mass is 9.95. The summed E-state index contributed by atoms with van der Waals surface area (Å²) in [5.41, 5.74) is 2.82. The van der Waals surface area contributed by atoms with E-state index in [0.29, 0.717) is 11.8 Å². The highest BCUT2D eigenvalue weighted by atomic mass is 16.2. The highest BCUT2D eigenvalue weighted by Gasteiger charge is 2.30. The maximum absolute atomic E-state index is 12.7. The molecule has 20 heavy (non-hydrogen) atoms. The molecule has 2 heterocycles. The van der Waals surface area contributed by atoms with Crippen molar-refractivity contribution in [2.24, 2.45) is 11.8 Å². The molecule has 1 saturated heterocycles. The van der Waals surface area contributed by atoms with Gasteiger partial charge >= 0.3 is 0 Å². The van der Waals surface area contributed by atoms with Gasteiger partial charge in [-0.3, -0.25) is 4.79 Å². The second-order valence-electron chi connectivity index (χ2n) is 6.13. The minimum absolute atomic E-state index is 0.168. The van der Waals surface area contributed by atoms with Gasteiger partial charge in [-0.25, -0.2) is 0 Å². The molecule has 108 valence electrons. The summed E-state index contributed by atoms with van der Waals surface area (Å²) in [6.45, 7) is 8.05. The number of anilines is 2. The van der Waals surface area contributed by atoms with Gasteiger partial charge in [0, 0.05) is 26.2 Å². The largest absolute Gasteiger partial charge is 0.382 e. The van der Waals surface area contributed by atoms with Crippen molar-refractivity contribution in [1.82, 2.24) is 4.90 Å². The lowest BCUT2D eigenvalue weighted by Crippen LogP contribution is -2.31. The van der Waals surface area contributed by atoms with Gasteiger partial charge in [0.15, 0.2) is 0 Å². The molecular formula is C16H23N3O. The van der Waals surface area contributed by atoms with Crippen LogP contribution in [0.1, 0.15) is 30.6 Å². The lowest BCUT2D eigenvalue weighted by molar-refractivity contribution is 0.0785. The fourth-order valence-electron chi connectivity index (χ4n) is 3.14. The summed E-state index contributed by atoms with van der Waals surface area (Å²) in [6.07, 6.45) is 1.13. The number of carbonyl (C=O) groups is 1. The highest BCUT2D eigenvalue weighted by Crippen LogP contribution is 2.31. The third kappa shape index (κ3) is 2.35. The normalized spacial score (nSPS) is 21.4. The monoisotopic (exact) mass is 273 g/mol. The van der Waals surface area contributed by atoms with E-state index in [1.165, 1.54) is 0 Å². The van der Waals surface area contributed by atoms with Crippen molar-refractivity contribution in [2.45, 2.75) is 20.3 Å². The minimum Gasteiger partial charge on any atom is -0.382 e. The number of fused-ring (bicyclic) bond motifs is 1. The molecule has 0 aliphatic carbocycles. The standard InChI is InChI=1S/C16H23N3O/c1-11(2)12-6-9-19(10-12)16(20)13-4-3-5-14-15(13)18-8-7-17-14/h3-5,11-12,17-18H,6-10H2,1-2H3. The molecular weight excluding hydrogens is 250 g/mol. The van der Waals surface area contributed by atoms with Crippen molar-refractivity contribution in [3.05, 3.63) is 23.8 Å². The predicted octanol–water partition coefficient (Wildman–Crippen LogP) is 2.64. The van der Waals surface area contributed by atoms with Crippen LogP contribution in [0.5, 0.6) is 0 Å². The second kappa shape index (κ2) is 5.35. The van der Waals surface area contributed by atoms with Crippen LogP contribution in [0.25, 0.3) is 0 Å². The van der Waals surface area contributed by atoms with Gasteiger partial charge in [0.25, 0.3) is 5.91 Å². The van der Waals surface area contributed by atoms with Crippen LogP contribution >= 0.6 is 0 Å². The van der Waals surface area contributed by atoms with Gasteiger partial charge in [-0.1, -0.05) is 19.9 Å². The number of nitrogens with zero attached hydrogens (tertiary/aromatic N) is 1. The molecule has 0 saturated carbocycles. The van der Waals surface area contributed by atoms with Gasteiger partial charge in [0.05, 0.1) is 16.9 Å². The van der Waals surface area contributed by atoms with Crippen LogP contribution in [-0.4, -0.2) is 37.0 Å². The molecule has 1 atom stereocenters. The lowest BCUT2D eigenvalue weighted by Gasteiger charge is -2.25. The second-order valence-corrected chi connectivity index (χ2v) is 6.13. The molecule has 0 aromatic heterocycles. The zero-order valence-corrected chi connectivity index (χ0v) is 12.3. The molecule has 1 aromatic rings. The van der Waals surface area contributed by atoms with Crippen molar-refractivity contribution < 1.29 is 4.79 Å². The van der Waals surface area contributed by atoms with Crippen LogP contribution in [0, 0.1) is 11.8 Å². The average Bonchev–Trinajstić information content (AvgIpc) is 2.96. The maximum Gasteiger partial charge on any atom is 0.256 e. The summed E-state index contributed by atoms with van der Waals surface area (Å²) < 4.78 is 0. The molecule has 0 spiro atoms. The summed E-state index contributed by atoms with van der Waals surface area (Å²) in [5, 5.41) is 6.70. The molecule has 4 heteroatoms. The molecule has 0 radical (unpaired) electrons. The van der Waals surface area contributed by atoms with Gasteiger partial charge in [-0.15, -0.1) is 0 Å². The fourth-order valence-corrected chi connectivity index (χ4v) is 3.14. The third-order valence-corrected chi connectivity index (χ3v) is 4.49. The molecule has 0 bridgehead atoms. The van der Waals surface area contributed by atoms with E-state index in [2.05, 4.69) is 24.5 Å². The third-order valence-electron chi connectivity index (χ3n) is 4.49. The Bertz CT molecular complexity index is 512. The zero-order valence-electron chi connectivity index (χ0n) is 12.3. The number of nitrogens with one attached hydrogen (secondary N) is 2. The Kier molecular flexibility index (Phi) is 3.55. The summed E-state index contributed by atoms with van der Waals surface area (Å²) in [5.74, 6) is 1.46. The van der Waals surface area contributed by atoms with E-state index in [1.807, 2.05) is 23.1 Å². The van der Waals surface area contributed by atoms with Crippen molar-refractivity contribution >= 4 is 17.3 Å². The molecule has 2 aliphatic heterocycles. The highest BCUT2D eigenvalue weighted by molar-refractivity contribution is 6.02. The molecule has 4 nitrogen and oxygen atoms in total. The number of hydrogen-bond acceptors (Lipinski definition) is 3. The van der Waals surface area contributed by atoms with Crippen LogP contribution in [-0.2, 0) is 0 Å². The van der Waals surface area contributed by atoms with E-state index in [9.17, 15) is 4.79 Å². The smallest absolute Gasteiger partial charge is 0.256 e. The van der Waals surface area contributed by atoms with E-state index in [-0.39, 0.29) is 5.91 Å². The Morgan fingerprint density at radius 2 is 2.10 bits per heavy atom. The first-order chi connectivity index (χ1) is 9.66. The van der Waals surface area contributed by atoms with Crippen LogP contribution in [0.3, 0.4) is 0 Å². The Morgan fingerprint density at radius 3 is 2.85 bits per heavy atom. The summed E-state index contributed by atoms with van der Waals surface area (Å²) >= 11 is 0. The number of amides is 1. The maximum atomic E-state index is 12.7. The van der Waals surface area contributed by atoms with Gasteiger partial charge < -0.3 is 15.5 Å². The Hall–Kier alpha value is -1.71. The molecule has 1 fully saturated rings. The first-order valence-electron chi connectivity index (χ1n) is 7.57. The van der Waals surface area contributed by atoms with E-state index >= 15 is 0 Å². The Labute approximate surface area is 120 Å². The first kappa shape index (κ1) is 13.3. The van der Waals surface area contributed by atoms with Crippen LogP contribution < -0.4 is 10.6 Å². The minimum atomic E-state index is 0.168. The van der Waals surface area contributed by atoms with E-state index in [1.54, 1.807) is 0 Å². The molecule has 3 rings (SSSR count). The molecule has 2 N–H and O–H groups in total. The van der Waals surface area contributed by atoms with E-state index in [0.717, 1.165) is 49.5 Å². The fraction of sp³-hybridized carbons (Fsp3) is 0.562. The van der Waals surface area contributed by atoms with Crippen molar-refractivity contribution in [2.75, 3.05) is 36.8 Å². The van der Waals surface area contributed by atoms with Crippen molar-refractivity contribution in [1.29, 1.82) is 0 Å². The van der Waals surface area contributed by atoms with E-state index < -0.39 is 0 Å². The van der Waals surface area contributed by atoms with Crippen molar-refractivity contribution in [3.8, 4) is 0 Å². The summed E-state index contributed by atoms with van der Waals surface area (Å²) in [6, 6.07) is 5.92. The molecule has 1 amide bonds. The van der Waals surface area contributed by atoms with Crippen LogP contribution in [0.4, 0.5) is 11.4 Å².